The van der Waals surface area contributed by atoms with Crippen molar-refractivity contribution in [2.45, 2.75) is 32.0 Å². The van der Waals surface area contributed by atoms with Gasteiger partial charge in [0.1, 0.15) is 6.10 Å². The summed E-state index contributed by atoms with van der Waals surface area (Å²) in [5.74, 6) is -0.904. The minimum atomic E-state index is -0.942. The first-order valence-electron chi connectivity index (χ1n) is 10.5. The number of hydrogen-bond donors (Lipinski definition) is 1. The molecule has 2 aliphatic rings. The molecule has 1 aliphatic carbocycles. The van der Waals surface area contributed by atoms with Gasteiger partial charge in [-0.05, 0) is 30.9 Å². The van der Waals surface area contributed by atoms with Crippen molar-refractivity contribution in [1.29, 1.82) is 0 Å². The molecule has 0 saturated carbocycles. The molecule has 0 bridgehead atoms. The maximum Gasteiger partial charge on any atom is 0.233 e. The number of fused-ring (bicyclic) bond motifs is 1. The molecule has 1 aliphatic heterocycles. The number of carbonyl (C=O) groups is 2. The van der Waals surface area contributed by atoms with E-state index < -0.39 is 6.10 Å². The van der Waals surface area contributed by atoms with Crippen LogP contribution in [0.2, 0.25) is 0 Å². The van der Waals surface area contributed by atoms with Crippen LogP contribution in [0, 0.1) is 18.8 Å². The summed E-state index contributed by atoms with van der Waals surface area (Å²) in [5, 5.41) is 10.6. The molecular formula is C25H27NO4. The average Bonchev–Trinajstić information content (AvgIpc) is 3.01. The van der Waals surface area contributed by atoms with E-state index in [1.807, 2.05) is 73.7 Å². The van der Waals surface area contributed by atoms with Crippen LogP contribution in [-0.4, -0.2) is 41.1 Å². The quantitative estimate of drug-likeness (QED) is 0.566. The van der Waals surface area contributed by atoms with Crippen molar-refractivity contribution in [3.8, 4) is 0 Å². The second-order valence-electron chi connectivity index (χ2n) is 8.13. The molecule has 1 N–H and O–H groups in total. The summed E-state index contributed by atoms with van der Waals surface area (Å²) in [7, 11) is 0. The Morgan fingerprint density at radius 3 is 2.10 bits per heavy atom. The molecule has 5 heteroatoms. The van der Waals surface area contributed by atoms with Crippen LogP contribution >= 0.6 is 0 Å². The molecular weight excluding hydrogens is 378 g/mol. The summed E-state index contributed by atoms with van der Waals surface area (Å²) < 4.78 is 6.10. The molecule has 2 aromatic rings. The number of carbonyl (C=O) groups excluding carboxylic acids is 2. The van der Waals surface area contributed by atoms with Crippen molar-refractivity contribution >= 4 is 11.8 Å². The lowest BCUT2D eigenvalue weighted by Crippen LogP contribution is -2.39. The Bertz CT molecular complexity index is 896. The van der Waals surface area contributed by atoms with Gasteiger partial charge in [-0.25, -0.2) is 0 Å². The highest BCUT2D eigenvalue weighted by Gasteiger charge is 2.47. The average molecular weight is 405 g/mol. The van der Waals surface area contributed by atoms with E-state index in [1.54, 1.807) is 0 Å². The first kappa shape index (κ1) is 20.5. The van der Waals surface area contributed by atoms with Crippen molar-refractivity contribution in [3.05, 3.63) is 83.4 Å². The zero-order valence-electron chi connectivity index (χ0n) is 17.1. The third kappa shape index (κ3) is 4.23. The van der Waals surface area contributed by atoms with E-state index in [0.29, 0.717) is 12.8 Å². The van der Waals surface area contributed by atoms with Crippen molar-refractivity contribution in [3.63, 3.8) is 0 Å². The Labute approximate surface area is 177 Å². The van der Waals surface area contributed by atoms with Crippen molar-refractivity contribution in [2.75, 3.05) is 13.2 Å². The Morgan fingerprint density at radius 2 is 1.50 bits per heavy atom. The molecule has 1 fully saturated rings. The van der Waals surface area contributed by atoms with E-state index >= 15 is 0 Å². The van der Waals surface area contributed by atoms with Gasteiger partial charge in [-0.3, -0.25) is 14.5 Å². The maximum absolute atomic E-state index is 12.6. The first-order chi connectivity index (χ1) is 14.5. The van der Waals surface area contributed by atoms with E-state index in [4.69, 9.17) is 4.74 Å². The molecule has 0 radical (unpaired) electrons. The Morgan fingerprint density at radius 1 is 0.933 bits per heavy atom. The molecule has 4 rings (SSSR count). The zero-order valence-corrected chi connectivity index (χ0v) is 17.1. The highest BCUT2D eigenvalue weighted by atomic mass is 16.5. The summed E-state index contributed by atoms with van der Waals surface area (Å²) in [4.78, 5) is 26.5. The van der Waals surface area contributed by atoms with E-state index in [-0.39, 0.29) is 42.9 Å². The number of benzene rings is 2. The molecule has 156 valence electrons. The Kier molecular flexibility index (Phi) is 6.11. The van der Waals surface area contributed by atoms with Gasteiger partial charge in [0.25, 0.3) is 0 Å². The zero-order chi connectivity index (χ0) is 21.1. The molecule has 0 aromatic heterocycles. The van der Waals surface area contributed by atoms with E-state index in [9.17, 15) is 14.7 Å². The van der Waals surface area contributed by atoms with Gasteiger partial charge < -0.3 is 9.84 Å². The monoisotopic (exact) mass is 405 g/mol. The molecule has 1 heterocycles. The fraction of sp³-hybridized carbons (Fsp3) is 0.360. The topological polar surface area (TPSA) is 66.8 Å². The molecule has 4 atom stereocenters. The number of rotatable bonds is 7. The normalized spacial score (nSPS) is 22.8. The molecule has 4 unspecified atom stereocenters. The molecule has 1 saturated heterocycles. The van der Waals surface area contributed by atoms with Gasteiger partial charge in [0, 0.05) is 0 Å². The van der Waals surface area contributed by atoms with Crippen LogP contribution in [0.25, 0.3) is 0 Å². The standard InChI is InChI=1S/C25H27NO4/c1-17-11-13-19(14-12-17)23(18-7-3-2-4-8-18)30-16-20(27)15-26-24(28)21-9-5-6-10-22(21)25(26)29/h2-8,11-14,20-23,27H,9-10,15-16H2,1H3. The van der Waals surface area contributed by atoms with Gasteiger partial charge >= 0.3 is 0 Å². The van der Waals surface area contributed by atoms with Crippen LogP contribution in [0.5, 0.6) is 0 Å². The number of hydrogen-bond acceptors (Lipinski definition) is 4. The number of imide groups is 1. The van der Waals surface area contributed by atoms with Crippen molar-refractivity contribution in [1.82, 2.24) is 4.90 Å². The highest BCUT2D eigenvalue weighted by molar-refractivity contribution is 6.05. The number of aliphatic hydroxyl groups is 1. The van der Waals surface area contributed by atoms with Crippen LogP contribution in [0.15, 0.2) is 66.7 Å². The van der Waals surface area contributed by atoms with Crippen LogP contribution in [0.4, 0.5) is 0 Å². The number of ether oxygens (including phenoxy) is 1. The SMILES string of the molecule is Cc1ccc(C(OCC(O)CN2C(=O)C3CC=CCC3C2=O)c2ccccc2)cc1. The number of aliphatic hydroxyl groups excluding tert-OH is 1. The van der Waals surface area contributed by atoms with Gasteiger partial charge in [0.2, 0.25) is 11.8 Å². The molecule has 30 heavy (non-hydrogen) atoms. The van der Waals surface area contributed by atoms with Gasteiger partial charge in [-0.15, -0.1) is 0 Å². The van der Waals surface area contributed by atoms with E-state index in [2.05, 4.69) is 0 Å². The van der Waals surface area contributed by atoms with Gasteiger partial charge in [0.05, 0.1) is 31.1 Å². The van der Waals surface area contributed by atoms with Crippen molar-refractivity contribution < 1.29 is 19.4 Å². The number of allylic oxidation sites excluding steroid dienone is 2. The largest absolute Gasteiger partial charge is 0.389 e. The molecule has 2 amide bonds. The number of amides is 2. The number of nitrogens with zero attached hydrogens (tertiary/aromatic N) is 1. The highest BCUT2D eigenvalue weighted by Crippen LogP contribution is 2.35. The smallest absolute Gasteiger partial charge is 0.233 e. The summed E-state index contributed by atoms with van der Waals surface area (Å²) in [5.41, 5.74) is 3.14. The second-order valence-corrected chi connectivity index (χ2v) is 8.13. The van der Waals surface area contributed by atoms with Crippen LogP contribution in [-0.2, 0) is 14.3 Å². The minimum absolute atomic E-state index is 0.0259. The predicted octanol–water partition coefficient (Wildman–Crippen LogP) is 3.41. The Balaban J connectivity index is 1.43. The lowest BCUT2D eigenvalue weighted by atomic mass is 9.85. The molecule has 5 nitrogen and oxygen atoms in total. The number of likely N-dealkylation sites (tertiary alicyclic amines) is 1. The fourth-order valence-corrected chi connectivity index (χ4v) is 4.27. The Hall–Kier alpha value is -2.76. The fourth-order valence-electron chi connectivity index (χ4n) is 4.27. The summed E-state index contributed by atoms with van der Waals surface area (Å²) >= 11 is 0. The minimum Gasteiger partial charge on any atom is -0.389 e. The van der Waals surface area contributed by atoms with Gasteiger partial charge in [0.15, 0.2) is 0 Å². The van der Waals surface area contributed by atoms with Crippen molar-refractivity contribution in [2.24, 2.45) is 11.8 Å². The lowest BCUT2D eigenvalue weighted by Gasteiger charge is -2.23. The third-order valence-electron chi connectivity index (χ3n) is 5.93. The second kappa shape index (κ2) is 8.94. The summed E-state index contributed by atoms with van der Waals surface area (Å²) in [6, 6.07) is 17.9. The van der Waals surface area contributed by atoms with Gasteiger partial charge in [-0.2, -0.15) is 0 Å². The predicted molar refractivity (Wildman–Crippen MR) is 113 cm³/mol. The first-order valence-corrected chi connectivity index (χ1v) is 10.5. The van der Waals surface area contributed by atoms with Crippen LogP contribution in [0.3, 0.4) is 0 Å². The molecule has 2 aromatic carbocycles. The number of β-amino-alcohol motifs (C(OH)–C–C–N with tert-alkyl or cyclic N) is 1. The van der Waals surface area contributed by atoms with Crippen LogP contribution in [0.1, 0.15) is 35.6 Å². The van der Waals surface area contributed by atoms with Crippen LogP contribution < -0.4 is 0 Å². The lowest BCUT2D eigenvalue weighted by molar-refractivity contribution is -0.142. The van der Waals surface area contributed by atoms with E-state index in [1.165, 1.54) is 4.90 Å². The van der Waals surface area contributed by atoms with Gasteiger partial charge in [-0.1, -0.05) is 72.3 Å². The maximum atomic E-state index is 12.6. The summed E-state index contributed by atoms with van der Waals surface area (Å²) in [6.45, 7) is 2.03. The summed E-state index contributed by atoms with van der Waals surface area (Å²) in [6.07, 6.45) is 3.84. The van der Waals surface area contributed by atoms with E-state index in [0.717, 1.165) is 16.7 Å². The third-order valence-corrected chi connectivity index (χ3v) is 5.93. The number of aryl methyl sites for hydroxylation is 1. The molecule has 0 spiro atoms.